The molecule has 0 bridgehead atoms. The van der Waals surface area contributed by atoms with Crippen molar-refractivity contribution < 1.29 is 9.53 Å². The number of hydrogen-bond donors (Lipinski definition) is 1. The molecule has 0 aromatic rings. The number of piperidine rings is 1. The molecular formula is C12H22N2O2. The molecule has 2 heterocycles. The lowest BCUT2D eigenvalue weighted by molar-refractivity contribution is -0.136. The first-order valence-electron chi connectivity index (χ1n) is 6.27. The highest BCUT2D eigenvalue weighted by Gasteiger charge is 2.34. The smallest absolute Gasteiger partial charge is 0.227 e. The summed E-state index contributed by atoms with van der Waals surface area (Å²) in [6.45, 7) is 4.80. The Labute approximate surface area is 97.3 Å². The Morgan fingerprint density at radius 1 is 1.44 bits per heavy atom. The zero-order valence-corrected chi connectivity index (χ0v) is 10.2. The van der Waals surface area contributed by atoms with Gasteiger partial charge in [0.05, 0.1) is 12.0 Å². The van der Waals surface area contributed by atoms with Gasteiger partial charge in [-0.2, -0.15) is 0 Å². The molecule has 3 atom stereocenters. The summed E-state index contributed by atoms with van der Waals surface area (Å²) in [4.78, 5) is 14.3. The summed E-state index contributed by atoms with van der Waals surface area (Å²) in [6.07, 6.45) is 3.37. The quantitative estimate of drug-likeness (QED) is 0.750. The zero-order chi connectivity index (χ0) is 11.5. The van der Waals surface area contributed by atoms with E-state index in [4.69, 9.17) is 4.74 Å². The van der Waals surface area contributed by atoms with Gasteiger partial charge in [-0.3, -0.25) is 4.79 Å². The van der Waals surface area contributed by atoms with E-state index in [-0.39, 0.29) is 12.0 Å². The molecule has 0 saturated carbocycles. The van der Waals surface area contributed by atoms with Crippen LogP contribution in [0.15, 0.2) is 0 Å². The fraction of sp³-hybridized carbons (Fsp3) is 0.917. The summed E-state index contributed by atoms with van der Waals surface area (Å²) in [5, 5.41) is 3.38. The van der Waals surface area contributed by atoms with Crippen molar-refractivity contribution in [3.8, 4) is 0 Å². The molecule has 3 unspecified atom stereocenters. The van der Waals surface area contributed by atoms with Crippen LogP contribution < -0.4 is 5.32 Å². The Morgan fingerprint density at radius 2 is 2.25 bits per heavy atom. The van der Waals surface area contributed by atoms with E-state index in [2.05, 4.69) is 12.2 Å². The Kier molecular flexibility index (Phi) is 3.82. The first-order chi connectivity index (χ1) is 7.72. The average molecular weight is 226 g/mol. The fourth-order valence-electron chi connectivity index (χ4n) is 2.74. The van der Waals surface area contributed by atoms with Crippen LogP contribution in [0.5, 0.6) is 0 Å². The molecule has 0 radical (unpaired) electrons. The first kappa shape index (κ1) is 11.9. The number of hydrogen-bond acceptors (Lipinski definition) is 3. The number of carbonyl (C=O) groups excluding carboxylic acids is 1. The van der Waals surface area contributed by atoms with E-state index in [0.717, 1.165) is 38.9 Å². The highest BCUT2D eigenvalue weighted by molar-refractivity contribution is 5.80. The Morgan fingerprint density at radius 3 is 2.88 bits per heavy atom. The summed E-state index contributed by atoms with van der Waals surface area (Å²) in [5.41, 5.74) is 0. The topological polar surface area (TPSA) is 41.6 Å². The molecule has 1 N–H and O–H groups in total. The van der Waals surface area contributed by atoms with Crippen molar-refractivity contribution in [2.45, 2.75) is 38.3 Å². The predicted molar refractivity (Wildman–Crippen MR) is 62.2 cm³/mol. The summed E-state index contributed by atoms with van der Waals surface area (Å²) in [6, 6.07) is 0.322. The molecule has 1 amide bonds. The van der Waals surface area contributed by atoms with E-state index >= 15 is 0 Å². The Bertz CT molecular complexity index is 257. The highest BCUT2D eigenvalue weighted by atomic mass is 16.5. The molecule has 0 aliphatic carbocycles. The number of ether oxygens (including phenoxy) is 1. The van der Waals surface area contributed by atoms with E-state index in [0.29, 0.717) is 11.9 Å². The molecule has 0 spiro atoms. The zero-order valence-electron chi connectivity index (χ0n) is 10.2. The van der Waals surface area contributed by atoms with Crippen molar-refractivity contribution in [3.05, 3.63) is 0 Å². The maximum absolute atomic E-state index is 12.3. The maximum Gasteiger partial charge on any atom is 0.227 e. The van der Waals surface area contributed by atoms with Gasteiger partial charge in [-0.1, -0.05) is 0 Å². The summed E-state index contributed by atoms with van der Waals surface area (Å²) in [5.74, 6) is 0.489. The van der Waals surface area contributed by atoms with Crippen LogP contribution in [-0.2, 0) is 9.53 Å². The van der Waals surface area contributed by atoms with Crippen molar-refractivity contribution in [1.29, 1.82) is 0 Å². The summed E-state index contributed by atoms with van der Waals surface area (Å²) < 4.78 is 5.30. The largest absolute Gasteiger partial charge is 0.380 e. The molecule has 92 valence electrons. The number of methoxy groups -OCH3 is 1. The number of nitrogens with one attached hydrogen (secondary N) is 1. The third-order valence-electron chi connectivity index (χ3n) is 3.87. The summed E-state index contributed by atoms with van der Waals surface area (Å²) >= 11 is 0. The highest BCUT2D eigenvalue weighted by Crippen LogP contribution is 2.22. The fourth-order valence-corrected chi connectivity index (χ4v) is 2.74. The molecule has 4 nitrogen and oxygen atoms in total. The van der Waals surface area contributed by atoms with E-state index < -0.39 is 0 Å². The SMILES string of the molecule is COC1CCN(C(=O)C2CCCNC2C)C1. The Balaban J connectivity index is 1.91. The molecule has 0 aromatic carbocycles. The lowest BCUT2D eigenvalue weighted by atomic mass is 9.91. The molecule has 2 aliphatic rings. The second-order valence-electron chi connectivity index (χ2n) is 4.92. The monoisotopic (exact) mass is 226 g/mol. The van der Waals surface area contributed by atoms with Crippen LogP contribution in [0.4, 0.5) is 0 Å². The molecule has 2 rings (SSSR count). The summed E-state index contributed by atoms with van der Waals surface area (Å²) in [7, 11) is 1.73. The van der Waals surface area contributed by atoms with Crippen LogP contribution in [0.2, 0.25) is 0 Å². The lowest BCUT2D eigenvalue weighted by Gasteiger charge is -2.32. The molecule has 16 heavy (non-hydrogen) atoms. The minimum atomic E-state index is 0.171. The van der Waals surface area contributed by atoms with Crippen molar-refractivity contribution in [1.82, 2.24) is 10.2 Å². The molecule has 2 saturated heterocycles. The lowest BCUT2D eigenvalue weighted by Crippen LogP contribution is -2.47. The first-order valence-corrected chi connectivity index (χ1v) is 6.27. The number of likely N-dealkylation sites (tertiary alicyclic amines) is 1. The van der Waals surface area contributed by atoms with Gasteiger partial charge in [0.2, 0.25) is 5.91 Å². The number of amides is 1. The minimum Gasteiger partial charge on any atom is -0.380 e. The van der Waals surface area contributed by atoms with Crippen LogP contribution in [0.3, 0.4) is 0 Å². The van der Waals surface area contributed by atoms with Gasteiger partial charge in [-0.25, -0.2) is 0 Å². The van der Waals surface area contributed by atoms with Crippen LogP contribution in [0.1, 0.15) is 26.2 Å². The van der Waals surface area contributed by atoms with Crippen LogP contribution in [0.25, 0.3) is 0 Å². The third kappa shape index (κ3) is 2.38. The van der Waals surface area contributed by atoms with Gasteiger partial charge in [-0.15, -0.1) is 0 Å². The average Bonchev–Trinajstić information content (AvgIpc) is 2.77. The normalized spacial score (nSPS) is 35.4. The van der Waals surface area contributed by atoms with Crippen molar-refractivity contribution in [2.24, 2.45) is 5.92 Å². The van der Waals surface area contributed by atoms with Gasteiger partial charge in [0, 0.05) is 26.2 Å². The van der Waals surface area contributed by atoms with Gasteiger partial charge in [0.25, 0.3) is 0 Å². The van der Waals surface area contributed by atoms with Crippen molar-refractivity contribution in [2.75, 3.05) is 26.7 Å². The van der Waals surface area contributed by atoms with Crippen LogP contribution in [-0.4, -0.2) is 49.7 Å². The molecule has 4 heteroatoms. The van der Waals surface area contributed by atoms with E-state index in [1.807, 2.05) is 4.90 Å². The second kappa shape index (κ2) is 5.15. The number of rotatable bonds is 2. The van der Waals surface area contributed by atoms with Crippen molar-refractivity contribution in [3.63, 3.8) is 0 Å². The van der Waals surface area contributed by atoms with Crippen LogP contribution >= 0.6 is 0 Å². The molecule has 2 aliphatic heterocycles. The standard InChI is InChI=1S/C12H22N2O2/c1-9-11(4-3-6-13-9)12(15)14-7-5-10(8-14)16-2/h9-11,13H,3-8H2,1-2H3. The van der Waals surface area contributed by atoms with Gasteiger partial charge < -0.3 is 15.0 Å². The molecular weight excluding hydrogens is 204 g/mol. The molecule has 2 fully saturated rings. The maximum atomic E-state index is 12.3. The second-order valence-corrected chi connectivity index (χ2v) is 4.92. The van der Waals surface area contributed by atoms with Crippen molar-refractivity contribution >= 4 is 5.91 Å². The van der Waals surface area contributed by atoms with E-state index in [1.54, 1.807) is 7.11 Å². The number of nitrogens with zero attached hydrogens (tertiary/aromatic N) is 1. The van der Waals surface area contributed by atoms with Gasteiger partial charge in [0.15, 0.2) is 0 Å². The van der Waals surface area contributed by atoms with E-state index in [1.165, 1.54) is 0 Å². The van der Waals surface area contributed by atoms with Crippen LogP contribution in [0, 0.1) is 5.92 Å². The Hall–Kier alpha value is -0.610. The predicted octanol–water partition coefficient (Wildman–Crippen LogP) is 0.622. The molecule has 0 aromatic heterocycles. The minimum absolute atomic E-state index is 0.171. The number of carbonyl (C=O) groups is 1. The van der Waals surface area contributed by atoms with E-state index in [9.17, 15) is 4.79 Å². The third-order valence-corrected chi connectivity index (χ3v) is 3.87. The van der Waals surface area contributed by atoms with Gasteiger partial charge >= 0.3 is 0 Å². The van der Waals surface area contributed by atoms with Gasteiger partial charge in [-0.05, 0) is 32.7 Å². The van der Waals surface area contributed by atoms with Gasteiger partial charge in [0.1, 0.15) is 0 Å².